The van der Waals surface area contributed by atoms with Crippen LogP contribution < -0.4 is 10.6 Å². The summed E-state index contributed by atoms with van der Waals surface area (Å²) in [4.78, 5) is 12.3. The molecule has 108 valence electrons. The Morgan fingerprint density at radius 3 is 2.80 bits per heavy atom. The van der Waals surface area contributed by atoms with Crippen LogP contribution in [0.15, 0.2) is 24.3 Å². The van der Waals surface area contributed by atoms with Crippen LogP contribution >= 0.6 is 11.8 Å². The number of hydrogen-bond acceptors (Lipinski definition) is 3. The molecule has 2 aliphatic heterocycles. The average Bonchev–Trinajstić information content (AvgIpc) is 2.53. The van der Waals surface area contributed by atoms with Crippen molar-refractivity contribution in [3.63, 3.8) is 0 Å². The van der Waals surface area contributed by atoms with Crippen molar-refractivity contribution in [3.05, 3.63) is 35.4 Å². The van der Waals surface area contributed by atoms with Crippen molar-refractivity contribution in [2.24, 2.45) is 5.92 Å². The van der Waals surface area contributed by atoms with Crippen LogP contribution in [0.4, 0.5) is 0 Å². The lowest BCUT2D eigenvalue weighted by Gasteiger charge is -2.27. The maximum absolute atomic E-state index is 12.3. The summed E-state index contributed by atoms with van der Waals surface area (Å²) in [6, 6.07) is 8.31. The molecule has 2 heterocycles. The molecule has 0 spiro atoms. The summed E-state index contributed by atoms with van der Waals surface area (Å²) in [7, 11) is 0. The van der Waals surface area contributed by atoms with Gasteiger partial charge in [0.2, 0.25) is 5.91 Å². The standard InChI is InChI=1S/C16H22N2OS/c19-16(18-10-12-5-7-20-8-6-12)15-9-13-3-1-2-4-14(13)11-17-15/h1-4,12,15,17H,5-11H2,(H,18,19)/t15-/m0/s1. The molecule has 0 unspecified atom stereocenters. The fourth-order valence-corrected chi connectivity index (χ4v) is 4.16. The van der Waals surface area contributed by atoms with E-state index in [1.807, 2.05) is 11.8 Å². The lowest BCUT2D eigenvalue weighted by Crippen LogP contribution is -2.48. The van der Waals surface area contributed by atoms with Crippen molar-refractivity contribution in [1.29, 1.82) is 0 Å². The Morgan fingerprint density at radius 2 is 2.00 bits per heavy atom. The maximum Gasteiger partial charge on any atom is 0.237 e. The summed E-state index contributed by atoms with van der Waals surface area (Å²) < 4.78 is 0. The first-order chi connectivity index (χ1) is 9.83. The first-order valence-corrected chi connectivity index (χ1v) is 8.64. The highest BCUT2D eigenvalue weighted by Gasteiger charge is 2.24. The molecule has 0 aromatic heterocycles. The van der Waals surface area contributed by atoms with E-state index in [4.69, 9.17) is 0 Å². The summed E-state index contributed by atoms with van der Waals surface area (Å²) in [6.45, 7) is 1.65. The van der Waals surface area contributed by atoms with Crippen molar-refractivity contribution in [2.75, 3.05) is 18.1 Å². The molecule has 3 rings (SSSR count). The molecule has 1 aromatic rings. The van der Waals surface area contributed by atoms with Crippen LogP contribution in [-0.2, 0) is 17.8 Å². The topological polar surface area (TPSA) is 41.1 Å². The van der Waals surface area contributed by atoms with Crippen LogP contribution in [0.3, 0.4) is 0 Å². The van der Waals surface area contributed by atoms with Crippen LogP contribution in [0.25, 0.3) is 0 Å². The van der Waals surface area contributed by atoms with E-state index < -0.39 is 0 Å². The summed E-state index contributed by atoms with van der Waals surface area (Å²) in [6.07, 6.45) is 3.29. The van der Waals surface area contributed by atoms with Gasteiger partial charge in [0.1, 0.15) is 0 Å². The van der Waals surface area contributed by atoms with Crippen LogP contribution in [0, 0.1) is 5.92 Å². The minimum Gasteiger partial charge on any atom is -0.354 e. The second-order valence-electron chi connectivity index (χ2n) is 5.71. The summed E-state index contributed by atoms with van der Waals surface area (Å²) in [5.74, 6) is 3.33. The molecular weight excluding hydrogens is 268 g/mol. The lowest BCUT2D eigenvalue weighted by atomic mass is 9.95. The zero-order valence-corrected chi connectivity index (χ0v) is 12.5. The number of hydrogen-bond donors (Lipinski definition) is 2. The van der Waals surface area contributed by atoms with Gasteiger partial charge in [0.15, 0.2) is 0 Å². The largest absolute Gasteiger partial charge is 0.354 e. The van der Waals surface area contributed by atoms with E-state index in [0.717, 1.165) is 19.5 Å². The zero-order chi connectivity index (χ0) is 13.8. The molecule has 3 nitrogen and oxygen atoms in total. The average molecular weight is 290 g/mol. The maximum atomic E-state index is 12.3. The molecule has 1 atom stereocenters. The fraction of sp³-hybridized carbons (Fsp3) is 0.562. The van der Waals surface area contributed by atoms with E-state index in [1.54, 1.807) is 0 Å². The Morgan fingerprint density at radius 1 is 1.25 bits per heavy atom. The lowest BCUT2D eigenvalue weighted by molar-refractivity contribution is -0.123. The first-order valence-electron chi connectivity index (χ1n) is 7.48. The van der Waals surface area contributed by atoms with Gasteiger partial charge < -0.3 is 10.6 Å². The van der Waals surface area contributed by atoms with Gasteiger partial charge in [-0.3, -0.25) is 4.79 Å². The first kappa shape index (κ1) is 14.0. The van der Waals surface area contributed by atoms with Gasteiger partial charge in [0, 0.05) is 13.1 Å². The number of carbonyl (C=O) groups is 1. The number of benzene rings is 1. The Labute approximate surface area is 124 Å². The number of amides is 1. The third-order valence-electron chi connectivity index (χ3n) is 4.30. The molecule has 20 heavy (non-hydrogen) atoms. The van der Waals surface area contributed by atoms with Crippen LogP contribution in [-0.4, -0.2) is 30.0 Å². The Hall–Kier alpha value is -1.00. The number of rotatable bonds is 3. The van der Waals surface area contributed by atoms with Crippen molar-refractivity contribution < 1.29 is 4.79 Å². The van der Waals surface area contributed by atoms with E-state index in [-0.39, 0.29) is 11.9 Å². The van der Waals surface area contributed by atoms with Crippen LogP contribution in [0.2, 0.25) is 0 Å². The van der Waals surface area contributed by atoms with E-state index in [1.165, 1.54) is 35.5 Å². The highest BCUT2D eigenvalue weighted by Crippen LogP contribution is 2.22. The number of carbonyl (C=O) groups excluding carboxylic acids is 1. The molecule has 0 radical (unpaired) electrons. The molecule has 2 N–H and O–H groups in total. The van der Waals surface area contributed by atoms with E-state index in [2.05, 4.69) is 34.9 Å². The molecule has 0 bridgehead atoms. The van der Waals surface area contributed by atoms with Gasteiger partial charge in [-0.05, 0) is 47.8 Å². The third kappa shape index (κ3) is 3.36. The monoisotopic (exact) mass is 290 g/mol. The third-order valence-corrected chi connectivity index (χ3v) is 5.35. The molecule has 1 amide bonds. The quantitative estimate of drug-likeness (QED) is 0.894. The summed E-state index contributed by atoms with van der Waals surface area (Å²) in [5.41, 5.74) is 2.63. The molecular formula is C16H22N2OS. The number of fused-ring (bicyclic) bond motifs is 1. The molecule has 0 aliphatic carbocycles. The molecule has 1 aromatic carbocycles. The number of thioether (sulfide) groups is 1. The highest BCUT2D eigenvalue weighted by atomic mass is 32.2. The normalized spacial score (nSPS) is 23.1. The minimum atomic E-state index is -0.0668. The smallest absolute Gasteiger partial charge is 0.237 e. The molecule has 4 heteroatoms. The van der Waals surface area contributed by atoms with Gasteiger partial charge in [-0.25, -0.2) is 0 Å². The van der Waals surface area contributed by atoms with Gasteiger partial charge >= 0.3 is 0 Å². The predicted octanol–water partition coefficient (Wildman–Crippen LogP) is 1.96. The predicted molar refractivity (Wildman–Crippen MR) is 83.8 cm³/mol. The molecule has 0 saturated carbocycles. The molecule has 2 aliphatic rings. The SMILES string of the molecule is O=C(NCC1CCSCC1)[C@@H]1Cc2ccccc2CN1. The van der Waals surface area contributed by atoms with Crippen LogP contribution in [0.1, 0.15) is 24.0 Å². The van der Waals surface area contributed by atoms with Crippen molar-refractivity contribution in [2.45, 2.75) is 31.8 Å². The van der Waals surface area contributed by atoms with E-state index >= 15 is 0 Å². The van der Waals surface area contributed by atoms with Gasteiger partial charge in [0.05, 0.1) is 6.04 Å². The van der Waals surface area contributed by atoms with Gasteiger partial charge in [-0.2, -0.15) is 11.8 Å². The fourth-order valence-electron chi connectivity index (χ4n) is 2.96. The Balaban J connectivity index is 1.51. The number of nitrogens with one attached hydrogen (secondary N) is 2. The van der Waals surface area contributed by atoms with Gasteiger partial charge in [0.25, 0.3) is 0 Å². The van der Waals surface area contributed by atoms with Gasteiger partial charge in [-0.1, -0.05) is 24.3 Å². The highest BCUT2D eigenvalue weighted by molar-refractivity contribution is 7.99. The van der Waals surface area contributed by atoms with E-state index in [9.17, 15) is 4.79 Å². The van der Waals surface area contributed by atoms with Crippen molar-refractivity contribution in [3.8, 4) is 0 Å². The minimum absolute atomic E-state index is 0.0668. The Bertz CT molecular complexity index is 471. The Kier molecular flexibility index (Phi) is 4.63. The zero-order valence-electron chi connectivity index (χ0n) is 11.7. The van der Waals surface area contributed by atoms with Gasteiger partial charge in [-0.15, -0.1) is 0 Å². The molecule has 1 saturated heterocycles. The van der Waals surface area contributed by atoms with Crippen molar-refractivity contribution >= 4 is 17.7 Å². The second kappa shape index (κ2) is 6.64. The van der Waals surface area contributed by atoms with E-state index in [0.29, 0.717) is 5.92 Å². The molecule has 1 fully saturated rings. The summed E-state index contributed by atoms with van der Waals surface area (Å²) in [5, 5.41) is 6.49. The van der Waals surface area contributed by atoms with Crippen molar-refractivity contribution in [1.82, 2.24) is 10.6 Å². The van der Waals surface area contributed by atoms with Crippen LogP contribution in [0.5, 0.6) is 0 Å². The second-order valence-corrected chi connectivity index (χ2v) is 6.93. The summed E-state index contributed by atoms with van der Waals surface area (Å²) >= 11 is 2.03.